The molecule has 0 heterocycles. The maximum absolute atomic E-state index is 13.3. The standard InChI is InChI=1S/C18H19ClF2N2O/c1-10-6-11(2)18(14(19)7-10)23-17(24)9-22-12(3)13-4-5-15(20)16(21)8-13/h4-8,12,22H,9H2,1-3H3,(H,23,24)/p+1/t12-/m1/s1. The minimum absolute atomic E-state index is 0.143. The first-order valence-corrected chi connectivity index (χ1v) is 8.00. The second-order valence-corrected chi connectivity index (χ2v) is 6.30. The van der Waals surface area contributed by atoms with Crippen LogP contribution in [0.5, 0.6) is 0 Å². The Kier molecular flexibility index (Phi) is 5.91. The third-order valence-corrected chi connectivity index (χ3v) is 4.12. The Morgan fingerprint density at radius 3 is 2.54 bits per heavy atom. The molecular formula is C18H20ClF2N2O+. The van der Waals surface area contributed by atoms with Gasteiger partial charge in [0.1, 0.15) is 6.04 Å². The van der Waals surface area contributed by atoms with Gasteiger partial charge in [0, 0.05) is 5.56 Å². The number of quaternary nitrogens is 1. The van der Waals surface area contributed by atoms with E-state index in [0.717, 1.165) is 23.3 Å². The number of benzene rings is 2. The Morgan fingerprint density at radius 1 is 1.21 bits per heavy atom. The zero-order valence-corrected chi connectivity index (χ0v) is 14.5. The van der Waals surface area contributed by atoms with Gasteiger partial charge in [0.15, 0.2) is 18.2 Å². The van der Waals surface area contributed by atoms with E-state index < -0.39 is 11.6 Å². The molecule has 0 saturated carbocycles. The van der Waals surface area contributed by atoms with E-state index in [2.05, 4.69) is 5.32 Å². The first-order valence-electron chi connectivity index (χ1n) is 7.62. The lowest BCUT2D eigenvalue weighted by molar-refractivity contribution is -0.682. The zero-order chi connectivity index (χ0) is 17.9. The smallest absolute Gasteiger partial charge is 0.279 e. The molecule has 2 aromatic rings. The van der Waals surface area contributed by atoms with Gasteiger partial charge in [-0.3, -0.25) is 4.79 Å². The Bertz CT molecular complexity index is 742. The topological polar surface area (TPSA) is 45.7 Å². The summed E-state index contributed by atoms with van der Waals surface area (Å²) in [5.74, 6) is -1.98. The molecule has 0 radical (unpaired) electrons. The number of carbonyl (C=O) groups is 1. The molecule has 0 unspecified atom stereocenters. The van der Waals surface area contributed by atoms with Crippen LogP contribution < -0.4 is 10.6 Å². The molecule has 0 aliphatic rings. The number of nitrogens with two attached hydrogens (primary N) is 1. The van der Waals surface area contributed by atoms with Crippen molar-refractivity contribution in [1.82, 2.24) is 0 Å². The van der Waals surface area contributed by atoms with Crippen molar-refractivity contribution >= 4 is 23.2 Å². The van der Waals surface area contributed by atoms with Crippen molar-refractivity contribution in [3.8, 4) is 0 Å². The summed E-state index contributed by atoms with van der Waals surface area (Å²) in [5, 5.41) is 5.04. The van der Waals surface area contributed by atoms with Gasteiger partial charge in [0.25, 0.3) is 5.91 Å². The van der Waals surface area contributed by atoms with Crippen molar-refractivity contribution in [2.24, 2.45) is 0 Å². The molecule has 3 nitrogen and oxygen atoms in total. The predicted octanol–water partition coefficient (Wildman–Crippen LogP) is 3.50. The normalized spacial score (nSPS) is 12.1. The number of rotatable bonds is 5. The number of hydrogen-bond acceptors (Lipinski definition) is 1. The van der Waals surface area contributed by atoms with Crippen molar-refractivity contribution < 1.29 is 18.9 Å². The third-order valence-electron chi connectivity index (χ3n) is 3.82. The quantitative estimate of drug-likeness (QED) is 0.849. The fourth-order valence-electron chi connectivity index (χ4n) is 2.48. The van der Waals surface area contributed by atoms with Crippen LogP contribution in [0.2, 0.25) is 5.02 Å². The lowest BCUT2D eigenvalue weighted by Crippen LogP contribution is -2.86. The van der Waals surface area contributed by atoms with Gasteiger partial charge < -0.3 is 10.6 Å². The van der Waals surface area contributed by atoms with Crippen LogP contribution in [-0.2, 0) is 4.79 Å². The van der Waals surface area contributed by atoms with Crippen LogP contribution in [-0.4, -0.2) is 12.5 Å². The Balaban J connectivity index is 1.97. The average Bonchev–Trinajstić information content (AvgIpc) is 2.51. The molecule has 128 valence electrons. The Morgan fingerprint density at radius 2 is 1.92 bits per heavy atom. The summed E-state index contributed by atoms with van der Waals surface area (Å²) in [6.07, 6.45) is 0. The van der Waals surface area contributed by atoms with E-state index in [4.69, 9.17) is 11.6 Å². The zero-order valence-electron chi connectivity index (χ0n) is 13.8. The highest BCUT2D eigenvalue weighted by Gasteiger charge is 2.15. The molecule has 0 aliphatic carbocycles. The molecule has 0 bridgehead atoms. The van der Waals surface area contributed by atoms with Crippen LogP contribution in [0.1, 0.15) is 29.7 Å². The summed E-state index contributed by atoms with van der Waals surface area (Å²) in [6.45, 7) is 5.78. The van der Waals surface area contributed by atoms with Gasteiger partial charge in [-0.05, 0) is 56.2 Å². The minimum atomic E-state index is -0.890. The van der Waals surface area contributed by atoms with E-state index in [1.807, 2.05) is 26.8 Å². The van der Waals surface area contributed by atoms with Crippen LogP contribution >= 0.6 is 11.6 Å². The van der Waals surface area contributed by atoms with Crippen LogP contribution in [0, 0.1) is 25.5 Å². The first kappa shape index (κ1) is 18.4. The SMILES string of the molecule is Cc1cc(C)c(NC(=O)C[NH2+][C@H](C)c2ccc(F)c(F)c2)c(Cl)c1. The number of nitrogens with one attached hydrogen (secondary N) is 1. The number of aryl methyl sites for hydroxylation is 2. The molecular weight excluding hydrogens is 334 g/mol. The van der Waals surface area contributed by atoms with Gasteiger partial charge in [0.2, 0.25) is 0 Å². The Labute approximate surface area is 145 Å². The van der Waals surface area contributed by atoms with Crippen molar-refractivity contribution in [2.75, 3.05) is 11.9 Å². The maximum Gasteiger partial charge on any atom is 0.279 e. The van der Waals surface area contributed by atoms with Gasteiger partial charge in [-0.1, -0.05) is 17.7 Å². The largest absolute Gasteiger partial charge is 0.333 e. The van der Waals surface area contributed by atoms with Gasteiger partial charge in [-0.25, -0.2) is 8.78 Å². The summed E-state index contributed by atoms with van der Waals surface area (Å²) in [4.78, 5) is 12.1. The van der Waals surface area contributed by atoms with Crippen molar-refractivity contribution in [3.63, 3.8) is 0 Å². The van der Waals surface area contributed by atoms with E-state index in [-0.39, 0.29) is 18.5 Å². The molecule has 24 heavy (non-hydrogen) atoms. The monoisotopic (exact) mass is 353 g/mol. The number of amides is 1. The van der Waals surface area contributed by atoms with Crippen molar-refractivity contribution in [1.29, 1.82) is 0 Å². The molecule has 2 aromatic carbocycles. The van der Waals surface area contributed by atoms with Gasteiger partial charge in [0.05, 0.1) is 10.7 Å². The van der Waals surface area contributed by atoms with Crippen molar-refractivity contribution in [2.45, 2.75) is 26.8 Å². The molecule has 0 saturated heterocycles. The van der Waals surface area contributed by atoms with E-state index in [0.29, 0.717) is 16.3 Å². The maximum atomic E-state index is 13.3. The molecule has 0 fully saturated rings. The fraction of sp³-hybridized carbons (Fsp3) is 0.278. The van der Waals surface area contributed by atoms with Crippen LogP contribution in [0.25, 0.3) is 0 Å². The summed E-state index contributed by atoms with van der Waals surface area (Å²) < 4.78 is 26.2. The van der Waals surface area contributed by atoms with E-state index in [9.17, 15) is 13.6 Å². The number of anilines is 1. The summed E-state index contributed by atoms with van der Waals surface area (Å²) in [7, 11) is 0. The van der Waals surface area contributed by atoms with E-state index in [1.54, 1.807) is 11.4 Å². The first-order chi connectivity index (χ1) is 11.3. The predicted molar refractivity (Wildman–Crippen MR) is 91.1 cm³/mol. The van der Waals surface area contributed by atoms with Crippen molar-refractivity contribution in [3.05, 3.63) is 63.7 Å². The second-order valence-electron chi connectivity index (χ2n) is 5.89. The molecule has 0 aliphatic heterocycles. The molecule has 0 aromatic heterocycles. The molecule has 0 spiro atoms. The summed E-state index contributed by atoms with van der Waals surface area (Å²) in [6, 6.07) is 7.30. The fourth-order valence-corrected chi connectivity index (χ4v) is 2.85. The lowest BCUT2D eigenvalue weighted by Gasteiger charge is -2.13. The highest BCUT2D eigenvalue weighted by atomic mass is 35.5. The highest BCUT2D eigenvalue weighted by Crippen LogP contribution is 2.27. The Hall–Kier alpha value is -1.98. The molecule has 1 amide bonds. The van der Waals surface area contributed by atoms with E-state index in [1.165, 1.54) is 6.07 Å². The van der Waals surface area contributed by atoms with Gasteiger partial charge >= 0.3 is 0 Å². The average molecular weight is 354 g/mol. The van der Waals surface area contributed by atoms with Crippen LogP contribution in [0.4, 0.5) is 14.5 Å². The molecule has 3 N–H and O–H groups in total. The van der Waals surface area contributed by atoms with Crippen LogP contribution in [0.3, 0.4) is 0 Å². The van der Waals surface area contributed by atoms with E-state index >= 15 is 0 Å². The molecule has 1 atom stereocenters. The number of carbonyl (C=O) groups excluding carboxylic acids is 1. The molecule has 2 rings (SSSR count). The second kappa shape index (κ2) is 7.73. The number of halogens is 3. The summed E-state index contributed by atoms with van der Waals surface area (Å²) >= 11 is 6.17. The lowest BCUT2D eigenvalue weighted by atomic mass is 10.1. The van der Waals surface area contributed by atoms with Crippen LogP contribution in [0.15, 0.2) is 30.3 Å². The number of hydrogen-bond donors (Lipinski definition) is 2. The highest BCUT2D eigenvalue weighted by molar-refractivity contribution is 6.34. The third kappa shape index (κ3) is 4.52. The van der Waals surface area contributed by atoms with Gasteiger partial charge in [-0.2, -0.15) is 0 Å². The molecule has 6 heteroatoms. The minimum Gasteiger partial charge on any atom is -0.333 e. The van der Waals surface area contributed by atoms with Gasteiger partial charge in [-0.15, -0.1) is 0 Å². The summed E-state index contributed by atoms with van der Waals surface area (Å²) in [5.41, 5.74) is 3.13.